The first kappa shape index (κ1) is 44.7. The largest absolute Gasteiger partial charge is 0.465 e. The molecule has 0 aliphatic heterocycles. The van der Waals surface area contributed by atoms with E-state index in [1.165, 1.54) is 27.8 Å². The molecule has 0 spiro atoms. The van der Waals surface area contributed by atoms with E-state index in [9.17, 15) is 4.79 Å². The standard InChI is InChI=1S/C57H62O4/c1-43(2)14-11-37-59-57(58)42-48-27-35-54(36-28-48)56(52-19-9-6-10-20-52)41-47-25-31-50(32-26-47)49-29-23-46(24-30-49)40-55(51-17-7-5-8-18-51)53-33-21-45(22-34-53)16-13-39-61-60-38-12-15-44(3)4/h5-10,17-36,40-41,43-44H,11-16,37-39,42H2,1-4H3/b55-40+,56-41+. The smallest absolute Gasteiger partial charge is 0.310 e. The van der Waals surface area contributed by atoms with Crippen LogP contribution in [0.15, 0.2) is 158 Å². The van der Waals surface area contributed by atoms with Crippen LogP contribution < -0.4 is 0 Å². The van der Waals surface area contributed by atoms with Crippen molar-refractivity contribution in [1.29, 1.82) is 0 Å². The number of hydrogen-bond donors (Lipinski definition) is 0. The quantitative estimate of drug-likeness (QED) is 0.0225. The van der Waals surface area contributed by atoms with Gasteiger partial charge in [-0.3, -0.25) is 4.79 Å². The Labute approximate surface area is 364 Å². The van der Waals surface area contributed by atoms with Crippen LogP contribution in [0.25, 0.3) is 34.4 Å². The third-order valence-electron chi connectivity index (χ3n) is 10.8. The van der Waals surface area contributed by atoms with Crippen LogP contribution in [0.1, 0.15) is 104 Å². The van der Waals surface area contributed by atoms with Crippen LogP contribution in [-0.4, -0.2) is 25.8 Å². The Morgan fingerprint density at radius 1 is 0.459 bits per heavy atom. The molecule has 0 radical (unpaired) electrons. The Morgan fingerprint density at radius 2 is 0.869 bits per heavy atom. The monoisotopic (exact) mass is 810 g/mol. The fourth-order valence-electron chi connectivity index (χ4n) is 7.33. The van der Waals surface area contributed by atoms with Crippen LogP contribution in [-0.2, 0) is 32.1 Å². The number of benzene rings is 6. The molecule has 0 unspecified atom stereocenters. The Kier molecular flexibility index (Phi) is 17.5. The summed E-state index contributed by atoms with van der Waals surface area (Å²) in [6.07, 6.45) is 10.8. The molecule has 6 aromatic carbocycles. The lowest BCUT2D eigenvalue weighted by atomic mass is 9.93. The van der Waals surface area contributed by atoms with Gasteiger partial charge in [0.25, 0.3) is 0 Å². The van der Waals surface area contributed by atoms with Gasteiger partial charge in [0.1, 0.15) is 0 Å². The second-order valence-corrected chi connectivity index (χ2v) is 16.7. The van der Waals surface area contributed by atoms with Gasteiger partial charge in [0.2, 0.25) is 0 Å². The first-order valence-corrected chi connectivity index (χ1v) is 22.1. The van der Waals surface area contributed by atoms with E-state index in [2.05, 4.69) is 179 Å². The molecule has 6 rings (SSSR count). The molecule has 0 N–H and O–H groups in total. The number of rotatable bonds is 22. The predicted octanol–water partition coefficient (Wildman–Crippen LogP) is 14.4. The minimum absolute atomic E-state index is 0.174. The molecule has 61 heavy (non-hydrogen) atoms. The SMILES string of the molecule is CC(C)CCCOOCCCc1ccc(/C(=C/c2ccc(-c3ccc(/C=C(\c4ccccc4)c4ccc(CC(=O)OCCCC(C)C)cc4)cc3)cc2)c2ccccc2)cc1. The van der Waals surface area contributed by atoms with Crippen LogP contribution in [0.5, 0.6) is 0 Å². The molecule has 0 amide bonds. The van der Waals surface area contributed by atoms with Gasteiger partial charge in [-0.05, 0) is 129 Å². The van der Waals surface area contributed by atoms with Gasteiger partial charge in [-0.2, -0.15) is 0 Å². The van der Waals surface area contributed by atoms with E-state index >= 15 is 0 Å². The van der Waals surface area contributed by atoms with E-state index in [4.69, 9.17) is 14.5 Å². The van der Waals surface area contributed by atoms with Gasteiger partial charge in [-0.15, -0.1) is 0 Å². The Bertz CT molecular complexity index is 2250. The highest BCUT2D eigenvalue weighted by Gasteiger charge is 2.11. The third-order valence-corrected chi connectivity index (χ3v) is 10.8. The molecule has 0 aromatic heterocycles. The zero-order valence-electron chi connectivity index (χ0n) is 36.5. The minimum atomic E-state index is -0.174. The first-order valence-electron chi connectivity index (χ1n) is 22.1. The number of esters is 1. The lowest BCUT2D eigenvalue weighted by Gasteiger charge is -2.12. The maximum atomic E-state index is 12.5. The lowest BCUT2D eigenvalue weighted by Crippen LogP contribution is -2.09. The number of carbonyl (C=O) groups excluding carboxylic acids is 1. The first-order chi connectivity index (χ1) is 29.8. The molecule has 4 nitrogen and oxygen atoms in total. The van der Waals surface area contributed by atoms with Crippen molar-refractivity contribution in [2.45, 2.75) is 72.6 Å². The fraction of sp³-hybridized carbons (Fsp3) is 0.281. The topological polar surface area (TPSA) is 44.8 Å². The summed E-state index contributed by atoms with van der Waals surface area (Å²) in [6, 6.07) is 55.8. The summed E-state index contributed by atoms with van der Waals surface area (Å²) in [4.78, 5) is 23.2. The van der Waals surface area contributed by atoms with E-state index in [1.807, 2.05) is 18.2 Å². The average Bonchev–Trinajstić information content (AvgIpc) is 3.28. The molecular formula is C57H62O4. The van der Waals surface area contributed by atoms with Crippen molar-refractivity contribution >= 4 is 29.3 Å². The average molecular weight is 811 g/mol. The van der Waals surface area contributed by atoms with Crippen LogP contribution in [0, 0.1) is 11.8 Å². The molecular weight excluding hydrogens is 749 g/mol. The number of aryl methyl sites for hydroxylation is 1. The number of ether oxygens (including phenoxy) is 1. The second kappa shape index (κ2) is 23.8. The van der Waals surface area contributed by atoms with Crippen LogP contribution in [0.4, 0.5) is 0 Å². The molecule has 0 saturated carbocycles. The predicted molar refractivity (Wildman–Crippen MR) is 255 cm³/mol. The van der Waals surface area contributed by atoms with E-state index in [1.54, 1.807) is 0 Å². The third kappa shape index (κ3) is 14.7. The molecule has 4 heteroatoms. The molecule has 0 aliphatic carbocycles. The summed E-state index contributed by atoms with van der Waals surface area (Å²) in [5.41, 5.74) is 13.8. The van der Waals surface area contributed by atoms with Crippen molar-refractivity contribution in [3.05, 3.63) is 202 Å². The van der Waals surface area contributed by atoms with Crippen molar-refractivity contribution < 1.29 is 19.3 Å². The summed E-state index contributed by atoms with van der Waals surface area (Å²) in [7, 11) is 0. The lowest BCUT2D eigenvalue weighted by molar-refractivity contribution is -0.295. The number of carbonyl (C=O) groups is 1. The summed E-state index contributed by atoms with van der Waals surface area (Å²) in [5, 5.41) is 0. The van der Waals surface area contributed by atoms with Crippen molar-refractivity contribution in [2.75, 3.05) is 19.8 Å². The van der Waals surface area contributed by atoms with Crippen molar-refractivity contribution in [1.82, 2.24) is 0 Å². The van der Waals surface area contributed by atoms with Gasteiger partial charge in [0, 0.05) is 0 Å². The summed E-state index contributed by atoms with van der Waals surface area (Å²) in [6.45, 7) is 10.6. The Hall–Kier alpha value is -5.81. The molecule has 0 saturated heterocycles. The van der Waals surface area contributed by atoms with E-state index in [0.29, 0.717) is 31.7 Å². The summed E-state index contributed by atoms with van der Waals surface area (Å²) >= 11 is 0. The molecule has 0 atom stereocenters. The van der Waals surface area contributed by atoms with Gasteiger partial charge in [0.05, 0.1) is 26.2 Å². The van der Waals surface area contributed by atoms with Crippen molar-refractivity contribution in [3.63, 3.8) is 0 Å². The highest BCUT2D eigenvalue weighted by molar-refractivity contribution is 5.93. The minimum Gasteiger partial charge on any atom is -0.465 e. The zero-order chi connectivity index (χ0) is 42.7. The van der Waals surface area contributed by atoms with E-state index < -0.39 is 0 Å². The van der Waals surface area contributed by atoms with Gasteiger partial charge in [-0.25, -0.2) is 9.78 Å². The zero-order valence-corrected chi connectivity index (χ0v) is 36.5. The fourth-order valence-corrected chi connectivity index (χ4v) is 7.33. The molecule has 314 valence electrons. The van der Waals surface area contributed by atoms with Crippen LogP contribution >= 0.6 is 0 Å². The highest BCUT2D eigenvalue weighted by Crippen LogP contribution is 2.30. The van der Waals surface area contributed by atoms with Crippen molar-refractivity contribution in [2.24, 2.45) is 11.8 Å². The Balaban J connectivity index is 1.11. The maximum Gasteiger partial charge on any atom is 0.310 e. The summed E-state index contributed by atoms with van der Waals surface area (Å²) < 4.78 is 5.49. The van der Waals surface area contributed by atoms with Gasteiger partial charge in [-0.1, -0.05) is 185 Å². The molecule has 0 aliphatic rings. The second-order valence-electron chi connectivity index (χ2n) is 16.7. The Morgan fingerprint density at radius 3 is 1.33 bits per heavy atom. The highest BCUT2D eigenvalue weighted by atomic mass is 17.2. The molecule has 0 fully saturated rings. The number of hydrogen-bond acceptors (Lipinski definition) is 4. The molecule has 0 bridgehead atoms. The van der Waals surface area contributed by atoms with E-state index in [0.717, 1.165) is 77.5 Å². The van der Waals surface area contributed by atoms with Crippen molar-refractivity contribution in [3.8, 4) is 11.1 Å². The maximum absolute atomic E-state index is 12.5. The van der Waals surface area contributed by atoms with Crippen LogP contribution in [0.3, 0.4) is 0 Å². The summed E-state index contributed by atoms with van der Waals surface area (Å²) in [5.74, 6) is 1.13. The molecule has 6 aromatic rings. The van der Waals surface area contributed by atoms with Gasteiger partial charge in [0.15, 0.2) is 0 Å². The molecule has 0 heterocycles. The van der Waals surface area contributed by atoms with E-state index in [-0.39, 0.29) is 12.4 Å². The van der Waals surface area contributed by atoms with Gasteiger partial charge >= 0.3 is 5.97 Å². The normalized spacial score (nSPS) is 12.0. The van der Waals surface area contributed by atoms with Gasteiger partial charge < -0.3 is 4.74 Å². The van der Waals surface area contributed by atoms with Crippen LogP contribution in [0.2, 0.25) is 0 Å².